The van der Waals surface area contributed by atoms with Gasteiger partial charge in [-0.1, -0.05) is 23.7 Å². The van der Waals surface area contributed by atoms with E-state index in [1.54, 1.807) is 13.1 Å². The molecular formula is C24H25ClN6O. The van der Waals surface area contributed by atoms with Gasteiger partial charge in [-0.3, -0.25) is 4.79 Å². The van der Waals surface area contributed by atoms with Crippen molar-refractivity contribution in [3.05, 3.63) is 64.8 Å². The number of anilines is 5. The van der Waals surface area contributed by atoms with Gasteiger partial charge in [0.25, 0.3) is 0 Å². The van der Waals surface area contributed by atoms with Crippen LogP contribution in [-0.4, -0.2) is 47.0 Å². The fourth-order valence-corrected chi connectivity index (χ4v) is 4.44. The molecule has 6 bridgehead atoms. The van der Waals surface area contributed by atoms with Crippen LogP contribution in [-0.2, 0) is 17.6 Å². The van der Waals surface area contributed by atoms with Crippen molar-refractivity contribution in [3.8, 4) is 0 Å². The Kier molecular flexibility index (Phi) is 5.57. The third-order valence-corrected chi connectivity index (χ3v) is 6.29. The minimum absolute atomic E-state index is 0.143. The molecule has 3 heterocycles. The summed E-state index contributed by atoms with van der Waals surface area (Å²) in [7, 11) is 0. The summed E-state index contributed by atoms with van der Waals surface area (Å²) in [6.07, 6.45) is 3.42. The fourth-order valence-electron chi connectivity index (χ4n) is 4.30. The Morgan fingerprint density at radius 1 is 1.00 bits per heavy atom. The van der Waals surface area contributed by atoms with E-state index in [1.165, 1.54) is 16.8 Å². The highest BCUT2D eigenvalue weighted by Gasteiger charge is 2.21. The lowest BCUT2D eigenvalue weighted by atomic mass is 10.0. The summed E-state index contributed by atoms with van der Waals surface area (Å²) in [5.74, 6) is 1.20. The molecule has 2 aliphatic heterocycles. The SMILES string of the molecule is CC(=O)N1CCN(c2ccc3cc2CCc2cccc(c2)Nc2ncc(Cl)c(n2)N3)CC1. The molecule has 2 aliphatic rings. The third kappa shape index (κ3) is 4.34. The maximum absolute atomic E-state index is 11.7. The number of piperazine rings is 1. The number of benzene rings is 2. The molecule has 2 N–H and O–H groups in total. The van der Waals surface area contributed by atoms with Gasteiger partial charge < -0.3 is 20.4 Å². The standard InChI is InChI=1S/C24H25ClN6O/c1-16(32)30-9-11-31(12-10-30)22-8-7-20-14-18(22)6-5-17-3-2-4-19(13-17)28-24-26-15-21(25)23(27-20)29-24/h2-4,7-8,13-15H,5-6,9-12H2,1H3,(H2,26,27,28,29). The second-order valence-corrected chi connectivity index (χ2v) is 8.58. The third-order valence-electron chi connectivity index (χ3n) is 6.02. The van der Waals surface area contributed by atoms with E-state index < -0.39 is 0 Å². The van der Waals surface area contributed by atoms with Crippen molar-refractivity contribution in [3.63, 3.8) is 0 Å². The van der Waals surface area contributed by atoms with Gasteiger partial charge in [-0.15, -0.1) is 0 Å². The lowest BCUT2D eigenvalue weighted by Crippen LogP contribution is -2.48. The molecule has 0 radical (unpaired) electrons. The minimum atomic E-state index is 0.143. The number of nitrogens with one attached hydrogen (secondary N) is 2. The molecule has 1 aromatic heterocycles. The van der Waals surface area contributed by atoms with Crippen molar-refractivity contribution in [1.82, 2.24) is 14.9 Å². The van der Waals surface area contributed by atoms with Crippen molar-refractivity contribution in [2.45, 2.75) is 19.8 Å². The number of hydrogen-bond donors (Lipinski definition) is 2. The molecule has 0 unspecified atom stereocenters. The second kappa shape index (κ2) is 8.67. The highest BCUT2D eigenvalue weighted by molar-refractivity contribution is 6.32. The van der Waals surface area contributed by atoms with E-state index in [0.29, 0.717) is 16.8 Å². The quantitative estimate of drug-likeness (QED) is 0.575. The van der Waals surface area contributed by atoms with Gasteiger partial charge in [-0.25, -0.2) is 4.98 Å². The molecule has 2 aromatic carbocycles. The summed E-state index contributed by atoms with van der Waals surface area (Å²) in [5.41, 5.74) is 5.60. The Hall–Kier alpha value is -3.32. The first-order valence-corrected chi connectivity index (χ1v) is 11.2. The van der Waals surface area contributed by atoms with Gasteiger partial charge in [-0.2, -0.15) is 4.98 Å². The van der Waals surface area contributed by atoms with Gasteiger partial charge in [-0.05, 0) is 54.3 Å². The van der Waals surface area contributed by atoms with Gasteiger partial charge in [0.05, 0.1) is 6.20 Å². The van der Waals surface area contributed by atoms with Crippen molar-refractivity contribution in [2.24, 2.45) is 0 Å². The van der Waals surface area contributed by atoms with Crippen LogP contribution in [0.3, 0.4) is 0 Å². The summed E-state index contributed by atoms with van der Waals surface area (Å²) in [4.78, 5) is 24.9. The molecule has 0 aliphatic carbocycles. The van der Waals surface area contributed by atoms with Gasteiger partial charge in [0.15, 0.2) is 5.82 Å². The Balaban J connectivity index is 1.51. The monoisotopic (exact) mass is 448 g/mol. The summed E-state index contributed by atoms with van der Waals surface area (Å²) < 4.78 is 0. The Labute approximate surface area is 192 Å². The number of hydrogen-bond acceptors (Lipinski definition) is 6. The smallest absolute Gasteiger partial charge is 0.229 e. The maximum atomic E-state index is 11.7. The Morgan fingerprint density at radius 3 is 2.62 bits per heavy atom. The van der Waals surface area contributed by atoms with E-state index in [1.807, 2.05) is 17.0 Å². The number of fused-ring (bicyclic) bond motifs is 6. The molecule has 0 atom stereocenters. The molecule has 8 heteroatoms. The predicted octanol–water partition coefficient (Wildman–Crippen LogP) is 4.38. The molecule has 5 rings (SSSR count). The van der Waals surface area contributed by atoms with Crippen LogP contribution in [0.4, 0.5) is 28.8 Å². The average Bonchev–Trinajstić information content (AvgIpc) is 2.80. The molecule has 0 spiro atoms. The number of aromatic nitrogens is 2. The zero-order chi connectivity index (χ0) is 22.1. The summed E-state index contributed by atoms with van der Waals surface area (Å²) in [6, 6.07) is 14.7. The van der Waals surface area contributed by atoms with Crippen LogP contribution in [0, 0.1) is 0 Å². The first-order chi connectivity index (χ1) is 15.5. The summed E-state index contributed by atoms with van der Waals surface area (Å²) >= 11 is 6.37. The molecule has 0 saturated carbocycles. The minimum Gasteiger partial charge on any atom is -0.368 e. The van der Waals surface area contributed by atoms with Crippen molar-refractivity contribution in [2.75, 3.05) is 41.7 Å². The zero-order valence-corrected chi connectivity index (χ0v) is 18.7. The largest absolute Gasteiger partial charge is 0.368 e. The number of rotatable bonds is 1. The predicted molar refractivity (Wildman–Crippen MR) is 128 cm³/mol. The second-order valence-electron chi connectivity index (χ2n) is 8.18. The van der Waals surface area contributed by atoms with E-state index in [2.05, 4.69) is 55.8 Å². The van der Waals surface area contributed by atoms with Gasteiger partial charge in [0.1, 0.15) is 5.02 Å². The van der Waals surface area contributed by atoms with E-state index in [4.69, 9.17) is 11.6 Å². The molecule has 1 fully saturated rings. The average molecular weight is 449 g/mol. The molecule has 1 amide bonds. The van der Waals surface area contributed by atoms with E-state index in [0.717, 1.165) is 50.4 Å². The van der Waals surface area contributed by atoms with Crippen LogP contribution in [0.1, 0.15) is 18.1 Å². The Bertz CT molecular complexity index is 1160. The van der Waals surface area contributed by atoms with Gasteiger partial charge in [0.2, 0.25) is 11.9 Å². The van der Waals surface area contributed by atoms with Crippen molar-refractivity contribution < 1.29 is 4.79 Å². The van der Waals surface area contributed by atoms with Crippen molar-refractivity contribution in [1.29, 1.82) is 0 Å². The van der Waals surface area contributed by atoms with Crippen molar-refractivity contribution >= 4 is 46.3 Å². The number of carbonyl (C=O) groups is 1. The molecule has 1 saturated heterocycles. The first-order valence-electron chi connectivity index (χ1n) is 10.8. The molecule has 7 nitrogen and oxygen atoms in total. The van der Waals surface area contributed by atoms with Crippen LogP contribution >= 0.6 is 11.6 Å². The van der Waals surface area contributed by atoms with Gasteiger partial charge in [0, 0.05) is 50.2 Å². The summed E-state index contributed by atoms with van der Waals surface area (Å²) in [6.45, 7) is 4.81. The van der Waals surface area contributed by atoms with E-state index in [-0.39, 0.29) is 5.91 Å². The molecule has 164 valence electrons. The van der Waals surface area contributed by atoms with Crippen LogP contribution in [0.25, 0.3) is 0 Å². The first kappa shape index (κ1) is 20.6. The highest BCUT2D eigenvalue weighted by atomic mass is 35.5. The lowest BCUT2D eigenvalue weighted by molar-refractivity contribution is -0.129. The van der Waals surface area contributed by atoms with Crippen LogP contribution < -0.4 is 15.5 Å². The topological polar surface area (TPSA) is 73.4 Å². The zero-order valence-electron chi connectivity index (χ0n) is 17.9. The highest BCUT2D eigenvalue weighted by Crippen LogP contribution is 2.31. The van der Waals surface area contributed by atoms with Gasteiger partial charge >= 0.3 is 0 Å². The Morgan fingerprint density at radius 2 is 1.81 bits per heavy atom. The number of aryl methyl sites for hydroxylation is 2. The fraction of sp³-hybridized carbons (Fsp3) is 0.292. The van der Waals surface area contributed by atoms with E-state index >= 15 is 0 Å². The van der Waals surface area contributed by atoms with Crippen LogP contribution in [0.5, 0.6) is 0 Å². The number of amides is 1. The normalized spacial score (nSPS) is 15.6. The number of halogens is 1. The number of carbonyl (C=O) groups excluding carboxylic acids is 1. The van der Waals surface area contributed by atoms with Crippen LogP contribution in [0.15, 0.2) is 48.7 Å². The number of nitrogens with zero attached hydrogens (tertiary/aromatic N) is 4. The van der Waals surface area contributed by atoms with Crippen LogP contribution in [0.2, 0.25) is 5.02 Å². The maximum Gasteiger partial charge on any atom is 0.229 e. The lowest BCUT2D eigenvalue weighted by Gasteiger charge is -2.36. The van der Waals surface area contributed by atoms with E-state index in [9.17, 15) is 4.79 Å². The summed E-state index contributed by atoms with van der Waals surface area (Å²) in [5, 5.41) is 7.09. The molecule has 32 heavy (non-hydrogen) atoms. The molecule has 3 aromatic rings. The molecular weight excluding hydrogens is 424 g/mol.